The second-order valence-electron chi connectivity index (χ2n) is 6.97. The first-order valence-corrected chi connectivity index (χ1v) is 11.7. The van der Waals surface area contributed by atoms with Crippen LogP contribution in [0.25, 0.3) is 0 Å². The lowest BCUT2D eigenvalue weighted by molar-refractivity contribution is -0.940. The lowest BCUT2D eigenvalue weighted by Gasteiger charge is -2.30. The summed E-state index contributed by atoms with van der Waals surface area (Å²) in [7, 11) is -4.48. The Labute approximate surface area is 171 Å². The minimum atomic E-state index is -4.48. The van der Waals surface area contributed by atoms with Crippen molar-refractivity contribution in [2.45, 2.75) is 71.1 Å². The van der Waals surface area contributed by atoms with Crippen LogP contribution in [0.4, 0.5) is 0 Å². The molecule has 0 saturated heterocycles. The first-order valence-electron chi connectivity index (χ1n) is 10.3. The molecule has 0 fully saturated rings. The first-order chi connectivity index (χ1) is 13.2. The third kappa shape index (κ3) is 23.7. The largest absolute Gasteiger partial charge is 0.726 e. The molecule has 0 amide bonds. The van der Waals surface area contributed by atoms with Crippen LogP contribution in [0.15, 0.2) is 0 Å². The van der Waals surface area contributed by atoms with E-state index in [4.69, 9.17) is 21.2 Å². The van der Waals surface area contributed by atoms with Crippen molar-refractivity contribution in [3.05, 3.63) is 0 Å². The van der Waals surface area contributed by atoms with Crippen molar-refractivity contribution in [2.24, 2.45) is 5.84 Å². The quantitative estimate of drug-likeness (QED) is 0.0628. The van der Waals surface area contributed by atoms with Crippen molar-refractivity contribution >= 4 is 10.4 Å². The summed E-state index contributed by atoms with van der Waals surface area (Å²) in [6.07, 6.45) is 11.7. The van der Waals surface area contributed by atoms with Crippen LogP contribution in [-0.2, 0) is 14.6 Å². The molecule has 0 aliphatic rings. The van der Waals surface area contributed by atoms with Gasteiger partial charge in [0.1, 0.15) is 19.6 Å². The zero-order valence-corrected chi connectivity index (χ0v) is 18.2. The molecule has 0 heterocycles. The number of hydrogen-bond acceptors (Lipinski definition) is 8. The molecule has 28 heavy (non-hydrogen) atoms. The molecule has 0 unspecified atom stereocenters. The van der Waals surface area contributed by atoms with Gasteiger partial charge >= 0.3 is 0 Å². The number of nitrogens with zero attached hydrogens (tertiary/aromatic N) is 1. The maximum Gasteiger partial charge on any atom is 0.217 e. The van der Waals surface area contributed by atoms with Gasteiger partial charge in [-0.05, 0) is 6.42 Å². The fourth-order valence-electron chi connectivity index (χ4n) is 2.68. The number of hydrogen-bond donors (Lipinski definition) is 4. The Balaban J connectivity index is 0. The molecule has 172 valence electrons. The molecule has 0 rings (SSSR count). The maximum absolute atomic E-state index is 10.1. The molecule has 0 radical (unpaired) electrons. The summed E-state index contributed by atoms with van der Waals surface area (Å²) >= 11 is 0. The van der Waals surface area contributed by atoms with Crippen LogP contribution in [0, 0.1) is 0 Å². The predicted molar refractivity (Wildman–Crippen MR) is 108 cm³/mol. The molecular formula is C18H42N2O7S. The number of aliphatic hydroxyl groups excluding tert-OH is 3. The van der Waals surface area contributed by atoms with Crippen molar-refractivity contribution in [3.63, 3.8) is 0 Å². The highest BCUT2D eigenvalue weighted by Crippen LogP contribution is 2.10. The lowest BCUT2D eigenvalue weighted by atomic mass is 10.1. The van der Waals surface area contributed by atoms with Gasteiger partial charge in [0.2, 0.25) is 10.4 Å². The standard InChI is InChI=1S/C12H26O4S.C6H17N2O3/c1-2-3-4-5-6-7-8-9-10-11-12-16-17(13,14)15;7-8(1-4-9,2-5-10)3-6-11/h2-12H2,1H3,(H,13,14,15);9-11H,1-7H2/q;+1/p-1. The molecular weight excluding hydrogens is 388 g/mol. The third-order valence-electron chi connectivity index (χ3n) is 4.36. The van der Waals surface area contributed by atoms with Gasteiger partial charge < -0.3 is 19.9 Å². The second-order valence-corrected chi connectivity index (χ2v) is 8.02. The Kier molecular flexibility index (Phi) is 21.3. The average molecular weight is 431 g/mol. The molecule has 0 aromatic heterocycles. The zero-order valence-electron chi connectivity index (χ0n) is 17.4. The molecule has 0 spiro atoms. The van der Waals surface area contributed by atoms with Crippen LogP contribution >= 0.6 is 0 Å². The van der Waals surface area contributed by atoms with Gasteiger partial charge in [-0.1, -0.05) is 64.7 Å². The summed E-state index contributed by atoms with van der Waals surface area (Å²) < 4.78 is 34.5. The Morgan fingerprint density at radius 1 is 0.786 bits per heavy atom. The monoisotopic (exact) mass is 430 g/mol. The van der Waals surface area contributed by atoms with Gasteiger partial charge in [0, 0.05) is 0 Å². The highest BCUT2D eigenvalue weighted by Gasteiger charge is 2.20. The summed E-state index contributed by atoms with van der Waals surface area (Å²) in [6, 6.07) is 0. The fraction of sp³-hybridized carbons (Fsp3) is 1.00. The molecule has 0 saturated carbocycles. The molecule has 0 aliphatic heterocycles. The summed E-state index contributed by atoms with van der Waals surface area (Å²) in [5, 5.41) is 25.8. The normalized spacial score (nSPS) is 11.9. The molecule has 5 N–H and O–H groups in total. The topological polar surface area (TPSA) is 153 Å². The summed E-state index contributed by atoms with van der Waals surface area (Å²) in [5.41, 5.74) is 0. The zero-order chi connectivity index (χ0) is 21.7. The molecule has 0 atom stereocenters. The van der Waals surface area contributed by atoms with E-state index >= 15 is 0 Å². The fourth-order valence-corrected chi connectivity index (χ4v) is 3.01. The second kappa shape index (κ2) is 20.0. The average Bonchev–Trinajstić information content (AvgIpc) is 2.60. The summed E-state index contributed by atoms with van der Waals surface area (Å²) in [6.45, 7) is 3.24. The summed E-state index contributed by atoms with van der Waals surface area (Å²) in [5.74, 6) is 5.69. The minimum Gasteiger partial charge on any atom is -0.726 e. The smallest absolute Gasteiger partial charge is 0.217 e. The van der Waals surface area contributed by atoms with Crippen LogP contribution in [0.2, 0.25) is 0 Å². The molecule has 10 heteroatoms. The molecule has 0 aromatic rings. The molecule has 0 aromatic carbocycles. The SMILES string of the molecule is CCCCCCCCCCCCOS(=O)(=O)[O-].N[N+](CCO)(CCO)CCO. The Morgan fingerprint density at radius 3 is 1.46 bits per heavy atom. The maximum atomic E-state index is 10.1. The Bertz CT molecular complexity index is 405. The van der Waals surface area contributed by atoms with E-state index in [1.807, 2.05) is 0 Å². The van der Waals surface area contributed by atoms with Gasteiger partial charge in [0.05, 0.1) is 26.4 Å². The first kappa shape index (κ1) is 29.9. The molecule has 0 aliphatic carbocycles. The van der Waals surface area contributed by atoms with Crippen LogP contribution < -0.4 is 5.84 Å². The lowest BCUT2D eigenvalue weighted by Crippen LogP contribution is -2.58. The van der Waals surface area contributed by atoms with Crippen LogP contribution in [0.5, 0.6) is 0 Å². The van der Waals surface area contributed by atoms with Gasteiger partial charge in [-0.25, -0.2) is 13.0 Å². The Morgan fingerprint density at radius 2 is 1.14 bits per heavy atom. The number of rotatable bonds is 18. The summed E-state index contributed by atoms with van der Waals surface area (Å²) in [4.78, 5) is 0. The van der Waals surface area contributed by atoms with Crippen LogP contribution in [-0.4, -0.2) is 78.9 Å². The van der Waals surface area contributed by atoms with Gasteiger partial charge in [0.15, 0.2) is 0 Å². The van der Waals surface area contributed by atoms with E-state index in [1.165, 1.54) is 44.9 Å². The third-order valence-corrected chi connectivity index (χ3v) is 4.82. The van der Waals surface area contributed by atoms with Crippen molar-refractivity contribution in [3.8, 4) is 0 Å². The minimum absolute atomic E-state index is 0.0301. The van der Waals surface area contributed by atoms with Crippen molar-refractivity contribution in [1.82, 2.24) is 0 Å². The van der Waals surface area contributed by atoms with E-state index < -0.39 is 10.4 Å². The van der Waals surface area contributed by atoms with E-state index in [2.05, 4.69) is 11.1 Å². The van der Waals surface area contributed by atoms with Gasteiger partial charge in [-0.15, -0.1) is 0 Å². The van der Waals surface area contributed by atoms with Crippen LogP contribution in [0.1, 0.15) is 71.1 Å². The predicted octanol–water partition coefficient (Wildman–Crippen LogP) is 1.04. The Hall–Kier alpha value is -0.330. The van der Waals surface area contributed by atoms with Crippen molar-refractivity contribution < 1.29 is 37.1 Å². The number of nitrogens with two attached hydrogens (primary N) is 1. The van der Waals surface area contributed by atoms with E-state index in [-0.39, 0.29) is 31.0 Å². The van der Waals surface area contributed by atoms with E-state index in [0.717, 1.165) is 12.8 Å². The highest BCUT2D eigenvalue weighted by atomic mass is 32.3. The number of unbranched alkanes of at least 4 members (excludes halogenated alkanes) is 9. The molecule has 0 bridgehead atoms. The van der Waals surface area contributed by atoms with Crippen LogP contribution in [0.3, 0.4) is 0 Å². The highest BCUT2D eigenvalue weighted by molar-refractivity contribution is 7.80. The van der Waals surface area contributed by atoms with E-state index in [0.29, 0.717) is 26.1 Å². The van der Waals surface area contributed by atoms with E-state index in [1.54, 1.807) is 0 Å². The molecule has 9 nitrogen and oxygen atoms in total. The number of quaternary nitrogens is 1. The van der Waals surface area contributed by atoms with Gasteiger partial charge in [-0.3, -0.25) is 4.18 Å². The van der Waals surface area contributed by atoms with E-state index in [9.17, 15) is 13.0 Å². The van der Waals surface area contributed by atoms with Gasteiger partial charge in [0.25, 0.3) is 0 Å². The number of aliphatic hydroxyl groups is 3. The van der Waals surface area contributed by atoms with Crippen molar-refractivity contribution in [1.29, 1.82) is 0 Å². The van der Waals surface area contributed by atoms with Gasteiger partial charge in [-0.2, -0.15) is 5.84 Å². The van der Waals surface area contributed by atoms with Crippen molar-refractivity contribution in [2.75, 3.05) is 46.1 Å².